The smallest absolute Gasteiger partial charge is 1.00 e. The zero-order valence-electron chi connectivity index (χ0n) is 6.43. The molecule has 9 heavy (non-hydrogen) atoms. The molecular weight excluding hydrogens is 153 g/mol. The minimum Gasteiger partial charge on any atom is -1.00 e. The van der Waals surface area contributed by atoms with Gasteiger partial charge in [-0.15, -0.1) is 11.6 Å². The summed E-state index contributed by atoms with van der Waals surface area (Å²) in [6.45, 7) is 0. The predicted molar refractivity (Wildman–Crippen MR) is 35.7 cm³/mol. The van der Waals surface area contributed by atoms with Gasteiger partial charge in [0.05, 0.1) is 6.42 Å². The second-order valence-corrected chi connectivity index (χ2v) is 3.72. The van der Waals surface area contributed by atoms with Crippen molar-refractivity contribution in [2.75, 3.05) is 7.05 Å². The van der Waals surface area contributed by atoms with E-state index in [1.807, 2.05) is 0 Å². The summed E-state index contributed by atoms with van der Waals surface area (Å²) in [6.07, 6.45) is 0.475. The first kappa shape index (κ1) is 9.71. The molecule has 0 spiro atoms. The summed E-state index contributed by atoms with van der Waals surface area (Å²) in [5.74, 6) is 0.120. The third-order valence-corrected chi connectivity index (χ3v) is 2.27. The van der Waals surface area contributed by atoms with E-state index in [4.69, 9.17) is 11.6 Å². The first-order chi connectivity index (χ1) is 3.70. The van der Waals surface area contributed by atoms with Crippen LogP contribution in [0.1, 0.15) is 7.85 Å². The maximum absolute atomic E-state index is 10.6. The molecule has 1 amide bonds. The molecule has 0 radical (unpaired) electrons. The number of alkyl halides is 1. The van der Waals surface area contributed by atoms with Gasteiger partial charge < -0.3 is 1.43 Å². The molecule has 48 valence electrons. The van der Waals surface area contributed by atoms with E-state index >= 15 is 0 Å². The number of carbonyl (C=O) groups is 1. The molecule has 1 atom stereocenters. The van der Waals surface area contributed by atoms with Crippen LogP contribution in [-0.2, 0) is 4.79 Å². The summed E-state index contributed by atoms with van der Waals surface area (Å²) in [5, 5.41) is 0. The van der Waals surface area contributed by atoms with E-state index in [2.05, 4.69) is 0 Å². The third-order valence-electron chi connectivity index (χ3n) is 0.959. The zero-order valence-corrected chi connectivity index (χ0v) is 7.00. The number of hydrogen-bond acceptors (Lipinski definition) is 2. The fourth-order valence-electron chi connectivity index (χ4n) is 0.533. The Labute approximate surface area is 77.1 Å². The number of amides is 1. The van der Waals surface area contributed by atoms with Crippen LogP contribution < -0.4 is 18.9 Å². The van der Waals surface area contributed by atoms with Gasteiger partial charge >= 0.3 is 18.9 Å². The fourth-order valence-corrected chi connectivity index (χ4v) is 1.78. The zero-order chi connectivity index (χ0) is 6.15. The Bertz CT molecular complexity index is 128. The van der Waals surface area contributed by atoms with Crippen LogP contribution in [0.15, 0.2) is 0 Å². The minimum atomic E-state index is -0.0347. The van der Waals surface area contributed by atoms with Crippen molar-refractivity contribution in [2.45, 2.75) is 11.1 Å². The Hall–Kier alpha value is 0.707. The Morgan fingerprint density at radius 1 is 2.00 bits per heavy atom. The summed E-state index contributed by atoms with van der Waals surface area (Å²) in [4.78, 5) is 10.6. The summed E-state index contributed by atoms with van der Waals surface area (Å²) >= 11 is 6.98. The fraction of sp³-hybridized carbons (Fsp3) is 0.750. The second kappa shape index (κ2) is 3.77. The van der Waals surface area contributed by atoms with Gasteiger partial charge in [-0.2, -0.15) is 0 Å². The van der Waals surface area contributed by atoms with Crippen LogP contribution in [0.4, 0.5) is 0 Å². The van der Waals surface area contributed by atoms with Gasteiger partial charge in [-0.3, -0.25) is 9.10 Å². The summed E-state index contributed by atoms with van der Waals surface area (Å²) in [7, 11) is 1.73. The Balaban J connectivity index is 0. The van der Waals surface area contributed by atoms with Crippen molar-refractivity contribution in [3.05, 3.63) is 0 Å². The van der Waals surface area contributed by atoms with Crippen molar-refractivity contribution in [2.24, 2.45) is 0 Å². The second-order valence-electron chi connectivity index (χ2n) is 1.61. The summed E-state index contributed by atoms with van der Waals surface area (Å²) in [6, 6.07) is 0. The van der Waals surface area contributed by atoms with E-state index in [9.17, 15) is 4.79 Å². The van der Waals surface area contributed by atoms with Crippen LogP contribution in [0.25, 0.3) is 0 Å². The van der Waals surface area contributed by atoms with Crippen LogP contribution in [0, 0.1) is 0 Å². The van der Waals surface area contributed by atoms with E-state index in [1.165, 1.54) is 11.9 Å². The van der Waals surface area contributed by atoms with Crippen molar-refractivity contribution < 1.29 is 25.1 Å². The van der Waals surface area contributed by atoms with Gasteiger partial charge in [-0.25, -0.2) is 0 Å². The third kappa shape index (κ3) is 2.43. The minimum absolute atomic E-state index is 0. The molecule has 1 heterocycles. The summed E-state index contributed by atoms with van der Waals surface area (Å²) < 4.78 is 1.53. The van der Waals surface area contributed by atoms with Gasteiger partial charge in [-0.1, -0.05) is 0 Å². The molecule has 0 N–H and O–H groups in total. The number of hydrogen-bond donors (Lipinski definition) is 0. The Kier molecular flexibility index (Phi) is 4.07. The average molecular weight is 160 g/mol. The molecule has 0 bridgehead atoms. The molecule has 5 heteroatoms. The van der Waals surface area contributed by atoms with E-state index in [-0.39, 0.29) is 30.9 Å². The number of carbonyl (C=O) groups excluding carboxylic acids is 1. The molecule has 0 saturated carbocycles. The Morgan fingerprint density at radius 2 is 2.56 bits per heavy atom. The van der Waals surface area contributed by atoms with Gasteiger partial charge in [0.15, 0.2) is 0 Å². The monoisotopic (exact) mass is 159 g/mol. The standard InChI is InChI=1S/C4H6ClNOS.Li.H/c1-6-4(7)2-3(5)8-6;;/h3H,2H2,1H3;;/q;+1;-1. The van der Waals surface area contributed by atoms with Crippen LogP contribution in [0.2, 0.25) is 0 Å². The molecular formula is C4H7ClLiNOS. The molecule has 0 aromatic rings. The van der Waals surface area contributed by atoms with Crippen LogP contribution in [-0.4, -0.2) is 22.0 Å². The molecule has 1 aliphatic heterocycles. The van der Waals surface area contributed by atoms with E-state index < -0.39 is 0 Å². The van der Waals surface area contributed by atoms with Crippen molar-refractivity contribution in [3.8, 4) is 0 Å². The van der Waals surface area contributed by atoms with Crippen molar-refractivity contribution in [3.63, 3.8) is 0 Å². The largest absolute Gasteiger partial charge is 1.00 e. The van der Waals surface area contributed by atoms with Gasteiger partial charge in [0, 0.05) is 7.05 Å². The van der Waals surface area contributed by atoms with E-state index in [0.717, 1.165) is 0 Å². The molecule has 0 aromatic carbocycles. The van der Waals surface area contributed by atoms with E-state index in [1.54, 1.807) is 11.4 Å². The molecule has 0 aliphatic carbocycles. The summed E-state index contributed by atoms with van der Waals surface area (Å²) in [5.41, 5.74) is 0. The van der Waals surface area contributed by atoms with E-state index in [0.29, 0.717) is 6.42 Å². The average Bonchev–Trinajstić information content (AvgIpc) is 1.85. The maximum atomic E-state index is 10.6. The molecule has 1 fully saturated rings. The number of rotatable bonds is 0. The van der Waals surface area contributed by atoms with Crippen LogP contribution in [0.3, 0.4) is 0 Å². The number of halogens is 1. The van der Waals surface area contributed by atoms with Crippen molar-refractivity contribution in [1.29, 1.82) is 0 Å². The van der Waals surface area contributed by atoms with Crippen molar-refractivity contribution >= 4 is 29.5 Å². The maximum Gasteiger partial charge on any atom is 1.00 e. The van der Waals surface area contributed by atoms with Gasteiger partial charge in [0.1, 0.15) is 4.71 Å². The van der Waals surface area contributed by atoms with Gasteiger partial charge in [0.2, 0.25) is 5.91 Å². The normalized spacial score (nSPS) is 26.2. The van der Waals surface area contributed by atoms with Crippen LogP contribution >= 0.6 is 23.5 Å². The molecule has 1 rings (SSSR count). The molecule has 1 aliphatic rings. The van der Waals surface area contributed by atoms with Gasteiger partial charge in [-0.05, 0) is 11.9 Å². The van der Waals surface area contributed by atoms with Crippen molar-refractivity contribution in [1.82, 2.24) is 4.31 Å². The topological polar surface area (TPSA) is 20.3 Å². The van der Waals surface area contributed by atoms with Gasteiger partial charge in [0.25, 0.3) is 0 Å². The Morgan fingerprint density at radius 3 is 2.67 bits per heavy atom. The molecule has 2 nitrogen and oxygen atoms in total. The SMILES string of the molecule is CN1SC(Cl)CC1=O.[H-].[Li+]. The van der Waals surface area contributed by atoms with Crippen LogP contribution in [0.5, 0.6) is 0 Å². The first-order valence-electron chi connectivity index (χ1n) is 2.27. The molecule has 1 unspecified atom stereocenters. The number of nitrogens with zero attached hydrogens (tertiary/aromatic N) is 1. The molecule has 1 saturated heterocycles. The quantitative estimate of drug-likeness (QED) is 0.236. The predicted octanol–water partition coefficient (Wildman–Crippen LogP) is -1.82. The first-order valence-corrected chi connectivity index (χ1v) is 3.55. The molecule has 0 aromatic heterocycles.